The van der Waals surface area contributed by atoms with E-state index in [2.05, 4.69) is 34.6 Å². The summed E-state index contributed by atoms with van der Waals surface area (Å²) in [5, 5.41) is 12.3. The van der Waals surface area contributed by atoms with Gasteiger partial charge in [0.2, 0.25) is 5.91 Å². The van der Waals surface area contributed by atoms with Gasteiger partial charge in [0.15, 0.2) is 11.0 Å². The van der Waals surface area contributed by atoms with Crippen LogP contribution in [0.3, 0.4) is 0 Å². The zero-order valence-corrected chi connectivity index (χ0v) is 19.8. The number of anilines is 1. The minimum Gasteiger partial charge on any atom is -0.486 e. The van der Waals surface area contributed by atoms with Crippen molar-refractivity contribution in [2.45, 2.75) is 57.7 Å². The van der Waals surface area contributed by atoms with Gasteiger partial charge in [-0.15, -0.1) is 10.2 Å². The molecule has 0 atom stereocenters. The van der Waals surface area contributed by atoms with Crippen molar-refractivity contribution in [2.24, 2.45) is 7.05 Å². The predicted octanol–water partition coefficient (Wildman–Crippen LogP) is 4.87. The topological polar surface area (TPSA) is 69.0 Å². The summed E-state index contributed by atoms with van der Waals surface area (Å²) in [6.07, 6.45) is 5.69. The molecule has 0 unspecified atom stereocenters. The fourth-order valence-corrected chi connectivity index (χ4v) is 4.78. The van der Waals surface area contributed by atoms with Crippen LogP contribution in [0.2, 0.25) is 0 Å². The highest BCUT2D eigenvalue weighted by molar-refractivity contribution is 7.99. The van der Waals surface area contributed by atoms with E-state index in [9.17, 15) is 4.79 Å². The maximum absolute atomic E-state index is 12.5. The first kappa shape index (κ1) is 22.4. The van der Waals surface area contributed by atoms with Crippen molar-refractivity contribution in [1.29, 1.82) is 0 Å². The molecule has 0 spiro atoms. The third kappa shape index (κ3) is 5.15. The smallest absolute Gasteiger partial charge is 0.234 e. The van der Waals surface area contributed by atoms with Gasteiger partial charge < -0.3 is 14.6 Å². The first-order valence-electron chi connectivity index (χ1n) is 11.2. The van der Waals surface area contributed by atoms with E-state index in [1.807, 2.05) is 42.8 Å². The number of ether oxygens (including phenoxy) is 1. The molecular weight excluding hydrogens is 420 g/mol. The summed E-state index contributed by atoms with van der Waals surface area (Å²) in [6.45, 7) is 4.45. The molecule has 2 aromatic carbocycles. The minimum absolute atomic E-state index is 0.0474. The number of thioether (sulfide) groups is 1. The molecular formula is C25H30N4O2S. The Hall–Kier alpha value is -2.80. The van der Waals surface area contributed by atoms with Crippen molar-refractivity contribution in [1.82, 2.24) is 14.8 Å². The van der Waals surface area contributed by atoms with Crippen LogP contribution in [0.15, 0.2) is 41.6 Å². The summed E-state index contributed by atoms with van der Waals surface area (Å²) >= 11 is 1.38. The van der Waals surface area contributed by atoms with E-state index in [4.69, 9.17) is 4.74 Å². The number of carbonyl (C=O) groups excluding carboxylic acids is 1. The Morgan fingerprint density at radius 1 is 1.16 bits per heavy atom. The maximum Gasteiger partial charge on any atom is 0.234 e. The highest BCUT2D eigenvalue weighted by Crippen LogP contribution is 2.26. The molecule has 0 aliphatic heterocycles. The number of nitrogens with zero attached hydrogens (tertiary/aromatic N) is 3. The molecule has 0 bridgehead atoms. The molecule has 0 fully saturated rings. The van der Waals surface area contributed by atoms with Gasteiger partial charge in [-0.3, -0.25) is 4.79 Å². The van der Waals surface area contributed by atoms with E-state index in [-0.39, 0.29) is 11.7 Å². The number of aromatic nitrogens is 3. The number of para-hydroxylation sites is 1. The van der Waals surface area contributed by atoms with Gasteiger partial charge in [-0.1, -0.05) is 43.0 Å². The number of aryl methyl sites for hydroxylation is 4. The molecule has 1 aromatic heterocycles. The molecule has 6 nitrogen and oxygen atoms in total. The first-order chi connectivity index (χ1) is 15.5. The van der Waals surface area contributed by atoms with Gasteiger partial charge in [0.1, 0.15) is 12.4 Å². The monoisotopic (exact) mass is 450 g/mol. The lowest BCUT2D eigenvalue weighted by molar-refractivity contribution is -0.113. The second-order valence-corrected chi connectivity index (χ2v) is 9.13. The summed E-state index contributed by atoms with van der Waals surface area (Å²) in [5.74, 6) is 1.83. The van der Waals surface area contributed by atoms with Crippen LogP contribution < -0.4 is 10.1 Å². The van der Waals surface area contributed by atoms with Crippen LogP contribution in [0.1, 0.15) is 47.8 Å². The molecule has 7 heteroatoms. The largest absolute Gasteiger partial charge is 0.486 e. The zero-order chi connectivity index (χ0) is 22.5. The molecule has 0 saturated carbocycles. The third-order valence-electron chi connectivity index (χ3n) is 5.95. The van der Waals surface area contributed by atoms with Gasteiger partial charge in [-0.2, -0.15) is 0 Å². The Morgan fingerprint density at radius 2 is 1.97 bits per heavy atom. The Bertz CT molecular complexity index is 1110. The molecule has 1 N–H and O–H groups in total. The van der Waals surface area contributed by atoms with Gasteiger partial charge in [-0.25, -0.2) is 0 Å². The van der Waals surface area contributed by atoms with Crippen LogP contribution in [0.4, 0.5) is 5.69 Å². The summed E-state index contributed by atoms with van der Waals surface area (Å²) in [6, 6.07) is 12.5. The van der Waals surface area contributed by atoms with Crippen molar-refractivity contribution >= 4 is 23.4 Å². The van der Waals surface area contributed by atoms with Crippen molar-refractivity contribution in [3.05, 3.63) is 64.5 Å². The molecule has 4 rings (SSSR count). The number of hydrogen-bond donors (Lipinski definition) is 1. The van der Waals surface area contributed by atoms with Crippen LogP contribution in [0.5, 0.6) is 5.75 Å². The van der Waals surface area contributed by atoms with Gasteiger partial charge in [0, 0.05) is 12.7 Å². The fraction of sp³-hybridized carbons (Fsp3) is 0.400. The molecule has 32 heavy (non-hydrogen) atoms. The SMILES string of the molecule is CCc1cccc(C)c1NC(=O)CSc1nnc(COc2ccc3c(c2)CCCC3)n1C. The summed E-state index contributed by atoms with van der Waals surface area (Å²) in [4.78, 5) is 12.5. The first-order valence-corrected chi connectivity index (χ1v) is 12.2. The van der Waals surface area contributed by atoms with E-state index in [0.29, 0.717) is 11.8 Å². The molecule has 3 aromatic rings. The molecule has 168 valence electrons. The standard InChI is InChI=1S/C25H30N4O2S/c1-4-18-11-7-8-17(2)24(18)26-23(30)16-32-25-28-27-22(29(25)3)15-31-21-13-12-19-9-5-6-10-20(19)14-21/h7-8,11-14H,4-6,9-10,15-16H2,1-3H3,(H,26,30). The Balaban J connectivity index is 1.33. The highest BCUT2D eigenvalue weighted by Gasteiger charge is 2.15. The molecule has 1 amide bonds. The van der Waals surface area contributed by atoms with Gasteiger partial charge in [-0.05, 0) is 73.4 Å². The molecule has 0 radical (unpaired) electrons. The van der Waals surface area contributed by atoms with Crippen molar-refractivity contribution in [3.63, 3.8) is 0 Å². The minimum atomic E-state index is -0.0474. The molecule has 1 aliphatic rings. The third-order valence-corrected chi connectivity index (χ3v) is 6.97. The lowest BCUT2D eigenvalue weighted by Crippen LogP contribution is -2.16. The van der Waals surface area contributed by atoms with Crippen molar-refractivity contribution in [2.75, 3.05) is 11.1 Å². The Kier molecular flexibility index (Phi) is 7.15. The predicted molar refractivity (Wildman–Crippen MR) is 128 cm³/mol. The Morgan fingerprint density at radius 3 is 2.78 bits per heavy atom. The van der Waals surface area contributed by atoms with Crippen molar-refractivity contribution in [3.8, 4) is 5.75 Å². The van der Waals surface area contributed by atoms with Gasteiger partial charge in [0.25, 0.3) is 0 Å². The van der Waals surface area contributed by atoms with Crippen LogP contribution in [-0.4, -0.2) is 26.4 Å². The number of amides is 1. The Labute approximate surface area is 193 Å². The zero-order valence-electron chi connectivity index (χ0n) is 19.0. The summed E-state index contributed by atoms with van der Waals surface area (Å²) < 4.78 is 7.87. The van der Waals surface area contributed by atoms with Crippen LogP contribution in [0, 0.1) is 6.92 Å². The quantitative estimate of drug-likeness (QED) is 0.496. The lowest BCUT2D eigenvalue weighted by Gasteiger charge is -2.16. The maximum atomic E-state index is 12.5. The highest BCUT2D eigenvalue weighted by atomic mass is 32.2. The number of rotatable bonds is 8. The summed E-state index contributed by atoms with van der Waals surface area (Å²) in [7, 11) is 1.91. The number of hydrogen-bond acceptors (Lipinski definition) is 5. The van der Waals surface area contributed by atoms with E-state index in [1.165, 1.54) is 35.7 Å². The number of nitrogens with one attached hydrogen (secondary N) is 1. The number of carbonyl (C=O) groups is 1. The number of benzene rings is 2. The second kappa shape index (κ2) is 10.2. The fourth-order valence-electron chi connectivity index (χ4n) is 4.05. The molecule has 1 heterocycles. The second-order valence-electron chi connectivity index (χ2n) is 8.18. The summed E-state index contributed by atoms with van der Waals surface area (Å²) in [5.41, 5.74) is 5.97. The van der Waals surface area contributed by atoms with E-state index in [0.717, 1.165) is 47.7 Å². The normalized spacial score (nSPS) is 13.0. The van der Waals surface area contributed by atoms with E-state index >= 15 is 0 Å². The van der Waals surface area contributed by atoms with Crippen molar-refractivity contribution < 1.29 is 9.53 Å². The van der Waals surface area contributed by atoms with E-state index in [1.54, 1.807) is 0 Å². The van der Waals surface area contributed by atoms with Crippen LogP contribution in [0.25, 0.3) is 0 Å². The van der Waals surface area contributed by atoms with Gasteiger partial charge in [0.05, 0.1) is 5.75 Å². The molecule has 1 aliphatic carbocycles. The molecule has 0 saturated heterocycles. The average Bonchev–Trinajstić information content (AvgIpc) is 3.16. The van der Waals surface area contributed by atoms with E-state index < -0.39 is 0 Å². The average molecular weight is 451 g/mol. The van der Waals surface area contributed by atoms with Gasteiger partial charge >= 0.3 is 0 Å². The van der Waals surface area contributed by atoms with Crippen LogP contribution in [-0.2, 0) is 37.7 Å². The lowest BCUT2D eigenvalue weighted by atomic mass is 9.92. The number of fused-ring (bicyclic) bond motifs is 1. The van der Waals surface area contributed by atoms with Crippen LogP contribution >= 0.6 is 11.8 Å².